The van der Waals surface area contributed by atoms with Crippen LogP contribution in [0.25, 0.3) is 0 Å². The van der Waals surface area contributed by atoms with E-state index in [-0.39, 0.29) is 30.2 Å². The zero-order chi connectivity index (χ0) is 14.5. The highest BCUT2D eigenvalue weighted by atomic mass is 32.2. The lowest BCUT2D eigenvalue weighted by molar-refractivity contribution is 0.260. The maximum absolute atomic E-state index is 13.2. The van der Waals surface area contributed by atoms with Gasteiger partial charge in [-0.2, -0.15) is 9.57 Å². The van der Waals surface area contributed by atoms with E-state index < -0.39 is 15.8 Å². The Morgan fingerprint density at radius 3 is 2.74 bits per heavy atom. The minimum Gasteiger partial charge on any atom is -0.395 e. The Balaban J connectivity index is 3.25. The van der Waals surface area contributed by atoms with Crippen LogP contribution in [0.3, 0.4) is 0 Å². The van der Waals surface area contributed by atoms with Gasteiger partial charge in [0.15, 0.2) is 0 Å². The average Bonchev–Trinajstić information content (AvgIpc) is 2.38. The van der Waals surface area contributed by atoms with E-state index in [1.807, 2.05) is 0 Å². The molecule has 0 aliphatic carbocycles. The Hall–Kier alpha value is -1.75. The van der Waals surface area contributed by atoms with E-state index >= 15 is 0 Å². The number of hydrogen-bond acceptors (Lipinski definition) is 4. The molecule has 0 aliphatic rings. The van der Waals surface area contributed by atoms with Gasteiger partial charge < -0.3 is 5.11 Å². The molecule has 0 saturated carbocycles. The summed E-state index contributed by atoms with van der Waals surface area (Å²) in [5, 5.41) is 17.6. The number of aliphatic hydroxyl groups excluding tert-OH is 1. The van der Waals surface area contributed by atoms with Gasteiger partial charge in [-0.15, -0.1) is 6.58 Å². The summed E-state index contributed by atoms with van der Waals surface area (Å²) >= 11 is 0. The van der Waals surface area contributed by atoms with Crippen LogP contribution < -0.4 is 0 Å². The predicted octanol–water partition coefficient (Wildman–Crippen LogP) is 0.866. The van der Waals surface area contributed by atoms with Crippen LogP contribution in [0.15, 0.2) is 35.7 Å². The third-order valence-electron chi connectivity index (χ3n) is 2.38. The molecule has 0 unspecified atom stereocenters. The summed E-state index contributed by atoms with van der Waals surface area (Å²) < 4.78 is 38.6. The average molecular weight is 284 g/mol. The third-order valence-corrected chi connectivity index (χ3v) is 4.24. The van der Waals surface area contributed by atoms with Gasteiger partial charge in [-0.25, -0.2) is 12.8 Å². The molecular formula is C12H13FN2O3S. The molecule has 1 N–H and O–H groups in total. The molecule has 1 aromatic rings. The van der Waals surface area contributed by atoms with Crippen LogP contribution in [-0.2, 0) is 10.0 Å². The number of benzene rings is 1. The molecule has 1 rings (SSSR count). The lowest BCUT2D eigenvalue weighted by atomic mass is 10.2. The van der Waals surface area contributed by atoms with Gasteiger partial charge in [0.2, 0.25) is 10.0 Å². The summed E-state index contributed by atoms with van der Waals surface area (Å²) in [4.78, 5) is -0.194. The van der Waals surface area contributed by atoms with Gasteiger partial charge in [0, 0.05) is 13.1 Å². The molecule has 5 nitrogen and oxygen atoms in total. The van der Waals surface area contributed by atoms with Gasteiger partial charge >= 0.3 is 0 Å². The van der Waals surface area contributed by atoms with E-state index in [0.717, 1.165) is 22.5 Å². The van der Waals surface area contributed by atoms with Crippen molar-refractivity contribution in [2.75, 3.05) is 19.7 Å². The Bertz CT molecular complexity index is 608. The Kier molecular flexibility index (Phi) is 5.18. The maximum Gasteiger partial charge on any atom is 0.243 e. The van der Waals surface area contributed by atoms with E-state index in [1.165, 1.54) is 6.08 Å². The molecule has 19 heavy (non-hydrogen) atoms. The molecule has 0 aromatic heterocycles. The Morgan fingerprint density at radius 2 is 2.21 bits per heavy atom. The van der Waals surface area contributed by atoms with Crippen molar-refractivity contribution in [2.24, 2.45) is 0 Å². The second-order valence-corrected chi connectivity index (χ2v) is 5.57. The number of rotatable bonds is 6. The topological polar surface area (TPSA) is 81.4 Å². The van der Waals surface area contributed by atoms with Crippen molar-refractivity contribution in [1.82, 2.24) is 4.31 Å². The Labute approximate surface area is 111 Å². The highest BCUT2D eigenvalue weighted by Gasteiger charge is 2.23. The molecule has 0 heterocycles. The molecule has 0 amide bonds. The van der Waals surface area contributed by atoms with E-state index in [1.54, 1.807) is 6.07 Å². The highest BCUT2D eigenvalue weighted by Crippen LogP contribution is 2.18. The van der Waals surface area contributed by atoms with Gasteiger partial charge in [-0.1, -0.05) is 6.08 Å². The van der Waals surface area contributed by atoms with Gasteiger partial charge in [0.05, 0.1) is 17.1 Å². The van der Waals surface area contributed by atoms with Crippen LogP contribution >= 0.6 is 0 Å². The molecule has 0 atom stereocenters. The van der Waals surface area contributed by atoms with Gasteiger partial charge in [-0.3, -0.25) is 0 Å². The molecule has 0 radical (unpaired) electrons. The van der Waals surface area contributed by atoms with E-state index in [4.69, 9.17) is 10.4 Å². The SMILES string of the molecule is C=CCN(CCO)S(=O)(=O)c1ccc(F)c(C#N)c1. The first-order valence-electron chi connectivity index (χ1n) is 5.39. The van der Waals surface area contributed by atoms with Crippen molar-refractivity contribution >= 4 is 10.0 Å². The largest absolute Gasteiger partial charge is 0.395 e. The first-order chi connectivity index (χ1) is 8.97. The molecule has 7 heteroatoms. The standard InChI is InChI=1S/C12H13FN2O3S/c1-2-5-15(6-7-16)19(17,18)11-3-4-12(13)10(8-11)9-14/h2-4,8,16H,1,5-7H2. The number of nitriles is 1. The lowest BCUT2D eigenvalue weighted by Crippen LogP contribution is -2.33. The minimum atomic E-state index is -3.89. The minimum absolute atomic E-state index is 0.0160. The van der Waals surface area contributed by atoms with Crippen LogP contribution in [0.2, 0.25) is 0 Å². The van der Waals surface area contributed by atoms with Gasteiger partial charge in [-0.05, 0) is 18.2 Å². The Morgan fingerprint density at radius 1 is 1.53 bits per heavy atom. The summed E-state index contributed by atoms with van der Waals surface area (Å²) in [5.41, 5.74) is -0.344. The molecule has 0 spiro atoms. The zero-order valence-electron chi connectivity index (χ0n) is 10.1. The molecular weight excluding hydrogens is 271 g/mol. The van der Waals surface area contributed by atoms with E-state index in [9.17, 15) is 12.8 Å². The summed E-state index contributed by atoms with van der Waals surface area (Å²) in [5.74, 6) is -0.779. The quantitative estimate of drug-likeness (QED) is 0.786. The van der Waals surface area contributed by atoms with Gasteiger partial charge in [0.1, 0.15) is 11.9 Å². The molecule has 1 aromatic carbocycles. The maximum atomic E-state index is 13.2. The van der Waals surface area contributed by atoms with Crippen LogP contribution in [-0.4, -0.2) is 37.5 Å². The number of halogens is 1. The fourth-order valence-corrected chi connectivity index (χ4v) is 2.89. The first-order valence-corrected chi connectivity index (χ1v) is 6.83. The molecule has 0 bridgehead atoms. The second kappa shape index (κ2) is 6.43. The fraction of sp³-hybridized carbons (Fsp3) is 0.250. The van der Waals surface area contributed by atoms with E-state index in [2.05, 4.69) is 6.58 Å². The summed E-state index contributed by atoms with van der Waals surface area (Å²) in [6, 6.07) is 4.56. The number of nitrogens with zero attached hydrogens (tertiary/aromatic N) is 2. The van der Waals surface area contributed by atoms with Crippen LogP contribution in [0.4, 0.5) is 4.39 Å². The fourth-order valence-electron chi connectivity index (χ4n) is 1.46. The number of sulfonamides is 1. The molecule has 0 fully saturated rings. The van der Waals surface area contributed by atoms with Crippen molar-refractivity contribution < 1.29 is 17.9 Å². The molecule has 0 aliphatic heterocycles. The van der Waals surface area contributed by atoms with Crippen LogP contribution in [0, 0.1) is 17.1 Å². The van der Waals surface area contributed by atoms with Crippen LogP contribution in [0.1, 0.15) is 5.56 Å². The van der Waals surface area contributed by atoms with Crippen molar-refractivity contribution in [2.45, 2.75) is 4.90 Å². The van der Waals surface area contributed by atoms with Crippen molar-refractivity contribution in [3.8, 4) is 6.07 Å². The summed E-state index contributed by atoms with van der Waals surface area (Å²) in [7, 11) is -3.89. The normalized spacial score (nSPS) is 11.3. The monoisotopic (exact) mass is 284 g/mol. The number of hydrogen-bond donors (Lipinski definition) is 1. The highest BCUT2D eigenvalue weighted by molar-refractivity contribution is 7.89. The van der Waals surface area contributed by atoms with Crippen molar-refractivity contribution in [3.05, 3.63) is 42.2 Å². The van der Waals surface area contributed by atoms with Gasteiger partial charge in [0.25, 0.3) is 0 Å². The first kappa shape index (κ1) is 15.3. The molecule has 0 saturated heterocycles. The van der Waals surface area contributed by atoms with E-state index in [0.29, 0.717) is 0 Å². The lowest BCUT2D eigenvalue weighted by Gasteiger charge is -2.19. The van der Waals surface area contributed by atoms with Crippen molar-refractivity contribution in [1.29, 1.82) is 5.26 Å². The van der Waals surface area contributed by atoms with Crippen LogP contribution in [0.5, 0.6) is 0 Å². The third kappa shape index (κ3) is 3.38. The zero-order valence-corrected chi connectivity index (χ0v) is 10.9. The predicted molar refractivity (Wildman–Crippen MR) is 67.2 cm³/mol. The number of aliphatic hydroxyl groups is 1. The summed E-state index contributed by atoms with van der Waals surface area (Å²) in [6.07, 6.45) is 1.38. The smallest absolute Gasteiger partial charge is 0.243 e. The molecule has 102 valence electrons. The van der Waals surface area contributed by atoms with Crippen molar-refractivity contribution in [3.63, 3.8) is 0 Å². The summed E-state index contributed by atoms with van der Waals surface area (Å²) in [6.45, 7) is 3.00. The second-order valence-electron chi connectivity index (χ2n) is 3.63.